The number of nitriles is 1. The van der Waals surface area contributed by atoms with Gasteiger partial charge < -0.3 is 5.73 Å². The lowest BCUT2D eigenvalue weighted by atomic mass is 10.0. The fourth-order valence-corrected chi connectivity index (χ4v) is 2.01. The molecule has 0 heterocycles. The summed E-state index contributed by atoms with van der Waals surface area (Å²) in [5.74, 6) is -0.118. The molecular weight excluding hydrogens is 260 g/mol. The maximum atomic E-state index is 12.2. The van der Waals surface area contributed by atoms with Gasteiger partial charge in [-0.3, -0.25) is 4.79 Å². The molecule has 2 aromatic rings. The van der Waals surface area contributed by atoms with Crippen molar-refractivity contribution in [3.05, 3.63) is 64.2 Å². The van der Waals surface area contributed by atoms with Crippen LogP contribution >= 0.6 is 11.6 Å². The summed E-state index contributed by atoms with van der Waals surface area (Å²) in [5, 5.41) is 9.21. The van der Waals surface area contributed by atoms with E-state index in [-0.39, 0.29) is 12.2 Å². The van der Waals surface area contributed by atoms with Crippen molar-refractivity contribution in [2.45, 2.75) is 6.42 Å². The second-order valence-corrected chi connectivity index (χ2v) is 4.56. The predicted molar refractivity (Wildman–Crippen MR) is 75.1 cm³/mol. The summed E-state index contributed by atoms with van der Waals surface area (Å²) < 4.78 is 0. The number of ketones is 1. The van der Waals surface area contributed by atoms with Crippen molar-refractivity contribution < 1.29 is 4.79 Å². The summed E-state index contributed by atoms with van der Waals surface area (Å²) in [6.07, 6.45) is 0.193. The normalized spacial score (nSPS) is 9.89. The molecule has 0 aliphatic carbocycles. The summed E-state index contributed by atoms with van der Waals surface area (Å²) in [7, 11) is 0. The first-order valence-electron chi connectivity index (χ1n) is 5.67. The quantitative estimate of drug-likeness (QED) is 0.688. The SMILES string of the molecule is N#Cc1cccc(CC(=O)c2cc(N)ccc2Cl)c1. The van der Waals surface area contributed by atoms with Gasteiger partial charge in [-0.05, 0) is 35.9 Å². The zero-order valence-corrected chi connectivity index (χ0v) is 10.8. The summed E-state index contributed by atoms with van der Waals surface area (Å²) in [5.41, 5.74) is 7.87. The number of hydrogen-bond donors (Lipinski definition) is 1. The van der Waals surface area contributed by atoms with Crippen molar-refractivity contribution in [2.24, 2.45) is 0 Å². The molecule has 0 aliphatic rings. The van der Waals surface area contributed by atoms with Crippen LogP contribution in [-0.2, 0) is 6.42 Å². The molecule has 2 aromatic carbocycles. The Bertz CT molecular complexity index is 674. The van der Waals surface area contributed by atoms with Crippen LogP contribution < -0.4 is 5.73 Å². The molecule has 0 aliphatic heterocycles. The average Bonchev–Trinajstić information content (AvgIpc) is 2.41. The number of Topliss-reactive ketones (excluding diaryl/α,β-unsaturated/α-hetero) is 1. The predicted octanol–water partition coefficient (Wildman–Crippen LogP) is 3.22. The lowest BCUT2D eigenvalue weighted by Gasteiger charge is -2.05. The standard InChI is InChI=1S/C15H11ClN2O/c16-14-5-4-12(18)8-13(14)15(19)7-10-2-1-3-11(6-10)9-17/h1-6,8H,7,18H2. The van der Waals surface area contributed by atoms with E-state index < -0.39 is 0 Å². The molecule has 0 amide bonds. The number of anilines is 1. The van der Waals surface area contributed by atoms with E-state index in [1.807, 2.05) is 6.07 Å². The van der Waals surface area contributed by atoms with E-state index >= 15 is 0 Å². The van der Waals surface area contributed by atoms with Crippen molar-refractivity contribution in [3.8, 4) is 6.07 Å². The number of halogens is 1. The van der Waals surface area contributed by atoms with Gasteiger partial charge in [-0.15, -0.1) is 0 Å². The number of nitrogen functional groups attached to an aromatic ring is 1. The van der Waals surface area contributed by atoms with Crippen molar-refractivity contribution in [1.82, 2.24) is 0 Å². The summed E-state index contributed by atoms with van der Waals surface area (Å²) in [6.45, 7) is 0. The minimum Gasteiger partial charge on any atom is -0.399 e. The second kappa shape index (κ2) is 5.55. The zero-order valence-electron chi connectivity index (χ0n) is 10.1. The maximum absolute atomic E-state index is 12.2. The summed E-state index contributed by atoms with van der Waals surface area (Å²) >= 11 is 5.99. The summed E-state index contributed by atoms with van der Waals surface area (Å²) in [4.78, 5) is 12.2. The monoisotopic (exact) mass is 270 g/mol. The molecule has 2 rings (SSSR count). The Labute approximate surface area is 116 Å². The number of nitrogens with zero attached hydrogens (tertiary/aromatic N) is 1. The highest BCUT2D eigenvalue weighted by Crippen LogP contribution is 2.21. The van der Waals surface area contributed by atoms with Gasteiger partial charge in [-0.25, -0.2) is 0 Å². The van der Waals surface area contributed by atoms with E-state index in [4.69, 9.17) is 22.6 Å². The molecule has 0 fully saturated rings. The van der Waals surface area contributed by atoms with Crippen LogP contribution in [0.25, 0.3) is 0 Å². The molecule has 0 saturated carbocycles. The lowest BCUT2D eigenvalue weighted by Crippen LogP contribution is -2.05. The number of nitrogens with two attached hydrogens (primary N) is 1. The topological polar surface area (TPSA) is 66.9 Å². The van der Waals surface area contributed by atoms with E-state index in [1.165, 1.54) is 0 Å². The molecule has 94 valence electrons. The van der Waals surface area contributed by atoms with Gasteiger partial charge in [0.2, 0.25) is 0 Å². The number of carbonyl (C=O) groups excluding carboxylic acids is 1. The van der Waals surface area contributed by atoms with E-state index in [2.05, 4.69) is 0 Å². The van der Waals surface area contributed by atoms with Gasteiger partial charge in [0.1, 0.15) is 0 Å². The largest absolute Gasteiger partial charge is 0.399 e. The molecular formula is C15H11ClN2O. The third-order valence-electron chi connectivity index (χ3n) is 2.71. The van der Waals surface area contributed by atoms with Crippen LogP contribution in [0.2, 0.25) is 5.02 Å². The van der Waals surface area contributed by atoms with E-state index in [1.54, 1.807) is 42.5 Å². The lowest BCUT2D eigenvalue weighted by molar-refractivity contribution is 0.0993. The minimum atomic E-state index is -0.118. The highest BCUT2D eigenvalue weighted by Gasteiger charge is 2.11. The first kappa shape index (κ1) is 13.1. The van der Waals surface area contributed by atoms with E-state index in [9.17, 15) is 4.79 Å². The highest BCUT2D eigenvalue weighted by atomic mass is 35.5. The van der Waals surface area contributed by atoms with Gasteiger partial charge in [-0.2, -0.15) is 5.26 Å². The van der Waals surface area contributed by atoms with Crippen LogP contribution in [0, 0.1) is 11.3 Å². The molecule has 0 bridgehead atoms. The van der Waals surface area contributed by atoms with Gasteiger partial charge in [-0.1, -0.05) is 23.7 Å². The fraction of sp³-hybridized carbons (Fsp3) is 0.0667. The van der Waals surface area contributed by atoms with Crippen LogP contribution in [-0.4, -0.2) is 5.78 Å². The van der Waals surface area contributed by atoms with Crippen LogP contribution in [0.15, 0.2) is 42.5 Å². The Hall–Kier alpha value is -2.31. The molecule has 0 radical (unpaired) electrons. The van der Waals surface area contributed by atoms with Crippen molar-refractivity contribution in [3.63, 3.8) is 0 Å². The smallest absolute Gasteiger partial charge is 0.168 e. The third-order valence-corrected chi connectivity index (χ3v) is 3.04. The van der Waals surface area contributed by atoms with Crippen molar-refractivity contribution in [1.29, 1.82) is 5.26 Å². The van der Waals surface area contributed by atoms with Crippen molar-refractivity contribution in [2.75, 3.05) is 5.73 Å². The molecule has 19 heavy (non-hydrogen) atoms. The van der Waals surface area contributed by atoms with Gasteiger partial charge in [0, 0.05) is 17.7 Å². The Balaban J connectivity index is 2.26. The third kappa shape index (κ3) is 3.12. The van der Waals surface area contributed by atoms with Gasteiger partial charge in [0.15, 0.2) is 5.78 Å². The number of carbonyl (C=O) groups is 1. The fourth-order valence-electron chi connectivity index (χ4n) is 1.79. The average molecular weight is 271 g/mol. The molecule has 0 aromatic heterocycles. The first-order chi connectivity index (χ1) is 9.10. The van der Waals surface area contributed by atoms with E-state index in [0.29, 0.717) is 21.8 Å². The molecule has 4 heteroatoms. The molecule has 0 spiro atoms. The van der Waals surface area contributed by atoms with Gasteiger partial charge in [0.25, 0.3) is 0 Å². The molecule has 0 unspecified atom stereocenters. The summed E-state index contributed by atoms with van der Waals surface area (Å²) in [6, 6.07) is 13.8. The van der Waals surface area contributed by atoms with Gasteiger partial charge >= 0.3 is 0 Å². The molecule has 0 atom stereocenters. The zero-order chi connectivity index (χ0) is 13.8. The number of hydrogen-bond acceptors (Lipinski definition) is 3. The molecule has 0 saturated heterocycles. The van der Waals surface area contributed by atoms with Crippen LogP contribution in [0.1, 0.15) is 21.5 Å². The number of benzene rings is 2. The maximum Gasteiger partial charge on any atom is 0.168 e. The van der Waals surface area contributed by atoms with Gasteiger partial charge in [0.05, 0.1) is 16.7 Å². The van der Waals surface area contributed by atoms with Crippen LogP contribution in [0.4, 0.5) is 5.69 Å². The Morgan fingerprint density at radius 3 is 2.79 bits per heavy atom. The molecule has 2 N–H and O–H groups in total. The Kier molecular flexibility index (Phi) is 3.84. The van der Waals surface area contributed by atoms with Crippen molar-refractivity contribution >= 4 is 23.1 Å². The highest BCUT2D eigenvalue weighted by molar-refractivity contribution is 6.34. The van der Waals surface area contributed by atoms with Crippen LogP contribution in [0.5, 0.6) is 0 Å². The first-order valence-corrected chi connectivity index (χ1v) is 6.05. The van der Waals surface area contributed by atoms with E-state index in [0.717, 1.165) is 5.56 Å². The van der Waals surface area contributed by atoms with Crippen LogP contribution in [0.3, 0.4) is 0 Å². The molecule has 3 nitrogen and oxygen atoms in total. The second-order valence-electron chi connectivity index (χ2n) is 4.15. The Morgan fingerprint density at radius 2 is 2.05 bits per heavy atom. The minimum absolute atomic E-state index is 0.118. The Morgan fingerprint density at radius 1 is 1.26 bits per heavy atom. The number of rotatable bonds is 3.